The van der Waals surface area contributed by atoms with Gasteiger partial charge in [-0.05, 0) is 36.6 Å². The first-order valence-corrected chi connectivity index (χ1v) is 9.65. The molecule has 1 amide bonds. The second-order valence-electron chi connectivity index (χ2n) is 6.40. The maximum Gasteiger partial charge on any atom is 0.435 e. The summed E-state index contributed by atoms with van der Waals surface area (Å²) >= 11 is 0.714. The first-order valence-electron chi connectivity index (χ1n) is 8.83. The van der Waals surface area contributed by atoms with Gasteiger partial charge < -0.3 is 10.2 Å². The molecule has 3 aromatic rings. The van der Waals surface area contributed by atoms with E-state index in [-0.39, 0.29) is 5.01 Å². The number of aromatic nitrogens is 1. The van der Waals surface area contributed by atoms with Gasteiger partial charge in [0.25, 0.3) is 5.91 Å². The highest BCUT2D eigenvalue weighted by Gasteiger charge is 2.39. The Morgan fingerprint density at radius 3 is 2.50 bits per heavy atom. The molecule has 0 saturated heterocycles. The summed E-state index contributed by atoms with van der Waals surface area (Å²) in [6.07, 6.45) is -3.15. The fourth-order valence-electron chi connectivity index (χ4n) is 2.96. The lowest BCUT2D eigenvalue weighted by Crippen LogP contribution is -2.17. The Bertz CT molecular complexity index is 1090. The zero-order valence-electron chi connectivity index (χ0n) is 16.4. The standard InChI is InChI=1S/C21H18F3N3O2S/c1-12-5-4-6-16(17(12)15-9-7-14(8-10-15)11-25-29-3)27-20(28)18-19(21(22,23)24)26-13(2)30-18/h4-11H,1-3H3,(H,27,28). The molecule has 1 N–H and O–H groups in total. The number of anilines is 1. The van der Waals surface area contributed by atoms with E-state index < -0.39 is 22.7 Å². The van der Waals surface area contributed by atoms with Gasteiger partial charge in [0.05, 0.1) is 11.2 Å². The molecular weight excluding hydrogens is 415 g/mol. The van der Waals surface area contributed by atoms with Crippen LogP contribution in [0.25, 0.3) is 11.1 Å². The van der Waals surface area contributed by atoms with Crippen LogP contribution in [-0.4, -0.2) is 24.2 Å². The number of alkyl halides is 3. The number of halogens is 3. The number of hydrogen-bond acceptors (Lipinski definition) is 5. The summed E-state index contributed by atoms with van der Waals surface area (Å²) in [6.45, 7) is 3.30. The third-order valence-corrected chi connectivity index (χ3v) is 5.21. The quantitative estimate of drug-likeness (QED) is 0.416. The van der Waals surface area contributed by atoms with Crippen molar-refractivity contribution < 1.29 is 22.8 Å². The number of nitrogens with zero attached hydrogens (tertiary/aromatic N) is 2. The third kappa shape index (κ3) is 4.68. The van der Waals surface area contributed by atoms with E-state index in [1.807, 2.05) is 37.3 Å². The third-order valence-electron chi connectivity index (χ3n) is 4.24. The Hall–Kier alpha value is -3.20. The number of amides is 1. The van der Waals surface area contributed by atoms with Crippen LogP contribution in [0.4, 0.5) is 18.9 Å². The van der Waals surface area contributed by atoms with E-state index in [1.165, 1.54) is 14.0 Å². The van der Waals surface area contributed by atoms with Crippen LogP contribution in [0, 0.1) is 13.8 Å². The van der Waals surface area contributed by atoms with Gasteiger partial charge in [-0.15, -0.1) is 11.3 Å². The van der Waals surface area contributed by atoms with Crippen LogP contribution in [0.5, 0.6) is 0 Å². The van der Waals surface area contributed by atoms with Crippen LogP contribution in [0.15, 0.2) is 47.6 Å². The SMILES string of the molecule is CON=Cc1ccc(-c2c(C)cccc2NC(=O)c2sc(C)nc2C(F)(F)F)cc1. The molecule has 1 heterocycles. The minimum absolute atomic E-state index is 0.172. The molecule has 0 radical (unpaired) electrons. The molecule has 0 saturated carbocycles. The molecule has 0 bridgehead atoms. The molecule has 9 heteroatoms. The normalized spacial score (nSPS) is 11.7. The van der Waals surface area contributed by atoms with E-state index in [1.54, 1.807) is 18.3 Å². The number of carbonyl (C=O) groups is 1. The van der Waals surface area contributed by atoms with Gasteiger partial charge in [0.2, 0.25) is 0 Å². The first-order chi connectivity index (χ1) is 14.2. The number of carbonyl (C=O) groups excluding carboxylic acids is 1. The first kappa shape index (κ1) is 21.5. The average Bonchev–Trinajstić information content (AvgIpc) is 3.10. The van der Waals surface area contributed by atoms with Crippen LogP contribution < -0.4 is 5.32 Å². The molecule has 0 spiro atoms. The van der Waals surface area contributed by atoms with Crippen molar-refractivity contribution in [1.29, 1.82) is 0 Å². The summed E-state index contributed by atoms with van der Waals surface area (Å²) in [4.78, 5) is 20.4. The topological polar surface area (TPSA) is 63.6 Å². The lowest BCUT2D eigenvalue weighted by atomic mass is 9.97. The smallest absolute Gasteiger partial charge is 0.399 e. The summed E-state index contributed by atoms with van der Waals surface area (Å²) in [7, 11) is 1.45. The van der Waals surface area contributed by atoms with Crippen LogP contribution in [-0.2, 0) is 11.0 Å². The molecule has 0 aliphatic carbocycles. The Kier molecular flexibility index (Phi) is 6.21. The van der Waals surface area contributed by atoms with Crippen molar-refractivity contribution in [3.8, 4) is 11.1 Å². The molecule has 0 atom stereocenters. The zero-order chi connectivity index (χ0) is 21.9. The van der Waals surface area contributed by atoms with Gasteiger partial charge in [0, 0.05) is 11.3 Å². The lowest BCUT2D eigenvalue weighted by molar-refractivity contribution is -0.141. The van der Waals surface area contributed by atoms with E-state index >= 15 is 0 Å². The highest BCUT2D eigenvalue weighted by Crippen LogP contribution is 2.36. The minimum atomic E-state index is -4.70. The summed E-state index contributed by atoms with van der Waals surface area (Å²) in [6, 6.07) is 12.6. The van der Waals surface area contributed by atoms with E-state index in [0.29, 0.717) is 17.0 Å². The zero-order valence-corrected chi connectivity index (χ0v) is 17.2. The average molecular weight is 433 g/mol. The second kappa shape index (κ2) is 8.66. The van der Waals surface area contributed by atoms with Gasteiger partial charge in [-0.25, -0.2) is 4.98 Å². The number of hydrogen-bond donors (Lipinski definition) is 1. The molecule has 0 aliphatic rings. The predicted octanol–water partition coefficient (Wildman–Crippen LogP) is 5.68. The Morgan fingerprint density at radius 2 is 1.87 bits per heavy atom. The van der Waals surface area contributed by atoms with Gasteiger partial charge in [0.15, 0.2) is 5.69 Å². The van der Waals surface area contributed by atoms with Crippen molar-refractivity contribution in [1.82, 2.24) is 4.98 Å². The van der Waals surface area contributed by atoms with Gasteiger partial charge >= 0.3 is 6.18 Å². The van der Waals surface area contributed by atoms with Crippen molar-refractivity contribution >= 4 is 29.1 Å². The van der Waals surface area contributed by atoms with Gasteiger partial charge in [-0.1, -0.05) is 41.6 Å². The highest BCUT2D eigenvalue weighted by molar-refractivity contribution is 7.13. The fourth-order valence-corrected chi connectivity index (χ4v) is 3.79. The van der Waals surface area contributed by atoms with Gasteiger partial charge in [-0.3, -0.25) is 4.79 Å². The molecule has 156 valence electrons. The second-order valence-corrected chi connectivity index (χ2v) is 7.60. The number of nitrogens with one attached hydrogen (secondary N) is 1. The maximum absolute atomic E-state index is 13.2. The Balaban J connectivity index is 1.97. The highest BCUT2D eigenvalue weighted by atomic mass is 32.1. The number of thiazole rings is 1. The number of oxime groups is 1. The van der Waals surface area contributed by atoms with Crippen LogP contribution in [0.3, 0.4) is 0 Å². The molecule has 0 aliphatic heterocycles. The van der Waals surface area contributed by atoms with E-state index in [2.05, 4.69) is 20.3 Å². The number of aryl methyl sites for hydroxylation is 2. The van der Waals surface area contributed by atoms with Crippen molar-refractivity contribution in [3.05, 3.63) is 69.2 Å². The molecule has 2 aromatic carbocycles. The molecule has 5 nitrogen and oxygen atoms in total. The fraction of sp³-hybridized carbons (Fsp3) is 0.190. The monoisotopic (exact) mass is 433 g/mol. The largest absolute Gasteiger partial charge is 0.435 e. The van der Waals surface area contributed by atoms with Crippen molar-refractivity contribution in [2.45, 2.75) is 20.0 Å². The molecule has 0 fully saturated rings. The minimum Gasteiger partial charge on any atom is -0.399 e. The van der Waals surface area contributed by atoms with Crippen molar-refractivity contribution in [3.63, 3.8) is 0 Å². The molecular formula is C21H18F3N3O2S. The van der Waals surface area contributed by atoms with E-state index in [0.717, 1.165) is 22.3 Å². The maximum atomic E-state index is 13.2. The van der Waals surface area contributed by atoms with Gasteiger partial charge in [-0.2, -0.15) is 13.2 Å². The van der Waals surface area contributed by atoms with Crippen molar-refractivity contribution in [2.75, 3.05) is 12.4 Å². The van der Waals surface area contributed by atoms with E-state index in [9.17, 15) is 18.0 Å². The summed E-state index contributed by atoms with van der Waals surface area (Å²) in [5, 5.41) is 6.50. The summed E-state index contributed by atoms with van der Waals surface area (Å²) in [5.74, 6) is -0.844. The Morgan fingerprint density at radius 1 is 1.17 bits per heavy atom. The lowest BCUT2D eigenvalue weighted by Gasteiger charge is -2.14. The molecule has 30 heavy (non-hydrogen) atoms. The summed E-state index contributed by atoms with van der Waals surface area (Å²) < 4.78 is 39.7. The molecule has 1 aromatic heterocycles. The van der Waals surface area contributed by atoms with Crippen LogP contribution in [0.1, 0.15) is 31.5 Å². The van der Waals surface area contributed by atoms with Crippen molar-refractivity contribution in [2.24, 2.45) is 5.16 Å². The van der Waals surface area contributed by atoms with Crippen LogP contribution in [0.2, 0.25) is 0 Å². The number of benzene rings is 2. The van der Waals surface area contributed by atoms with E-state index in [4.69, 9.17) is 0 Å². The van der Waals surface area contributed by atoms with Crippen LogP contribution >= 0.6 is 11.3 Å². The summed E-state index contributed by atoms with van der Waals surface area (Å²) in [5.41, 5.74) is 2.44. The van der Waals surface area contributed by atoms with Gasteiger partial charge in [0.1, 0.15) is 12.0 Å². The number of rotatable bonds is 5. The Labute approximate surface area is 175 Å². The predicted molar refractivity (Wildman–Crippen MR) is 111 cm³/mol. The molecule has 3 rings (SSSR count). The molecule has 0 unspecified atom stereocenters.